The summed E-state index contributed by atoms with van der Waals surface area (Å²) in [5, 5.41) is 12.2. The maximum atomic E-state index is 12.2. The fourth-order valence-electron chi connectivity index (χ4n) is 3.61. The van der Waals surface area contributed by atoms with Gasteiger partial charge in [-0.3, -0.25) is 9.59 Å². The van der Waals surface area contributed by atoms with Crippen LogP contribution in [0, 0.1) is 11.3 Å². The van der Waals surface area contributed by atoms with Gasteiger partial charge in [-0.15, -0.1) is 0 Å². The van der Waals surface area contributed by atoms with Gasteiger partial charge < -0.3 is 15.3 Å². The summed E-state index contributed by atoms with van der Waals surface area (Å²) in [5.41, 5.74) is -0.218. The van der Waals surface area contributed by atoms with Crippen LogP contribution in [0.25, 0.3) is 0 Å². The number of hydrogen-bond donors (Lipinski definition) is 2. The summed E-state index contributed by atoms with van der Waals surface area (Å²) in [5.74, 6) is -0.572. The molecule has 1 aliphatic heterocycles. The van der Waals surface area contributed by atoms with Gasteiger partial charge in [0, 0.05) is 13.1 Å². The molecule has 1 heterocycles. The van der Waals surface area contributed by atoms with Crippen LogP contribution < -0.4 is 5.32 Å². The minimum Gasteiger partial charge on any atom is -0.481 e. The molecule has 1 amide bonds. The summed E-state index contributed by atoms with van der Waals surface area (Å²) in [4.78, 5) is 25.4. The van der Waals surface area contributed by atoms with Gasteiger partial charge in [0.05, 0.1) is 12.3 Å². The highest BCUT2D eigenvalue weighted by molar-refractivity contribution is 5.79. The molecule has 0 aromatic heterocycles. The molecule has 5 nitrogen and oxygen atoms in total. The molecule has 2 rings (SSSR count). The van der Waals surface area contributed by atoms with E-state index in [9.17, 15) is 9.59 Å². The van der Waals surface area contributed by atoms with Crippen LogP contribution in [-0.2, 0) is 9.59 Å². The first-order valence-corrected chi connectivity index (χ1v) is 7.69. The number of aliphatic carboxylic acids is 1. The van der Waals surface area contributed by atoms with E-state index < -0.39 is 5.97 Å². The quantitative estimate of drug-likeness (QED) is 0.801. The Morgan fingerprint density at radius 2 is 2.00 bits per heavy atom. The van der Waals surface area contributed by atoms with Gasteiger partial charge in [-0.05, 0) is 38.3 Å². The lowest BCUT2D eigenvalue weighted by atomic mass is 9.71. The number of nitrogens with one attached hydrogen (secondary N) is 1. The lowest BCUT2D eigenvalue weighted by Gasteiger charge is -2.36. The first kappa shape index (κ1) is 15.3. The highest BCUT2D eigenvalue weighted by Gasteiger charge is 2.35. The van der Waals surface area contributed by atoms with E-state index in [4.69, 9.17) is 5.11 Å². The molecule has 5 heteroatoms. The van der Waals surface area contributed by atoms with Crippen molar-refractivity contribution in [1.29, 1.82) is 0 Å². The fourth-order valence-corrected chi connectivity index (χ4v) is 3.61. The monoisotopic (exact) mass is 282 g/mol. The van der Waals surface area contributed by atoms with Gasteiger partial charge in [0.25, 0.3) is 0 Å². The van der Waals surface area contributed by atoms with Crippen LogP contribution in [0.3, 0.4) is 0 Å². The molecule has 0 radical (unpaired) electrons. The third-order valence-electron chi connectivity index (χ3n) is 4.84. The second kappa shape index (κ2) is 6.57. The van der Waals surface area contributed by atoms with Gasteiger partial charge in [-0.2, -0.15) is 0 Å². The smallest absolute Gasteiger partial charge is 0.303 e. The van der Waals surface area contributed by atoms with Crippen molar-refractivity contribution >= 4 is 11.9 Å². The Balaban J connectivity index is 1.88. The first-order valence-electron chi connectivity index (χ1n) is 7.69. The van der Waals surface area contributed by atoms with Crippen LogP contribution in [0.2, 0.25) is 0 Å². The summed E-state index contributed by atoms with van der Waals surface area (Å²) >= 11 is 0. The summed E-state index contributed by atoms with van der Waals surface area (Å²) in [6.07, 6.45) is 6.27. The van der Waals surface area contributed by atoms with E-state index in [0.717, 1.165) is 45.2 Å². The number of carbonyl (C=O) groups is 2. The second-order valence-corrected chi connectivity index (χ2v) is 6.60. The molecule has 2 fully saturated rings. The Hall–Kier alpha value is -1.10. The summed E-state index contributed by atoms with van der Waals surface area (Å²) in [6.45, 7) is 2.31. The van der Waals surface area contributed by atoms with E-state index in [1.165, 1.54) is 6.42 Å². The van der Waals surface area contributed by atoms with Crippen molar-refractivity contribution in [3.63, 3.8) is 0 Å². The van der Waals surface area contributed by atoms with Crippen molar-refractivity contribution in [1.82, 2.24) is 10.2 Å². The number of hydrogen-bond acceptors (Lipinski definition) is 3. The molecule has 114 valence electrons. The molecule has 2 aliphatic rings. The molecule has 0 aromatic carbocycles. The zero-order valence-corrected chi connectivity index (χ0v) is 12.4. The highest BCUT2D eigenvalue weighted by Crippen LogP contribution is 2.38. The van der Waals surface area contributed by atoms with Gasteiger partial charge >= 0.3 is 5.97 Å². The zero-order chi connectivity index (χ0) is 14.6. The standard InChI is InChI=1S/C15H26N2O3/c1-17-8-5-12(10-17)14(20)16-11-15(9-13(18)19)6-3-2-4-7-15/h12H,2-11H2,1H3,(H,16,20)(H,18,19). The first-order chi connectivity index (χ1) is 9.51. The molecule has 2 N–H and O–H groups in total. The second-order valence-electron chi connectivity index (χ2n) is 6.60. The molecule has 1 saturated carbocycles. The van der Waals surface area contributed by atoms with E-state index in [1.54, 1.807) is 0 Å². The van der Waals surface area contributed by atoms with Gasteiger partial charge in [0.1, 0.15) is 0 Å². The highest BCUT2D eigenvalue weighted by atomic mass is 16.4. The van der Waals surface area contributed by atoms with E-state index in [1.807, 2.05) is 7.05 Å². The number of carboxylic acids is 1. The molecule has 1 saturated heterocycles. The van der Waals surface area contributed by atoms with Gasteiger partial charge in [0.15, 0.2) is 0 Å². The molecule has 1 aliphatic carbocycles. The number of likely N-dealkylation sites (tertiary alicyclic amines) is 1. The Morgan fingerprint density at radius 3 is 2.55 bits per heavy atom. The van der Waals surface area contributed by atoms with Gasteiger partial charge in [0.2, 0.25) is 5.91 Å². The van der Waals surface area contributed by atoms with Crippen LogP contribution in [0.4, 0.5) is 0 Å². The van der Waals surface area contributed by atoms with E-state index in [-0.39, 0.29) is 23.7 Å². The zero-order valence-electron chi connectivity index (χ0n) is 12.4. The van der Waals surface area contributed by atoms with Crippen molar-refractivity contribution in [2.75, 3.05) is 26.7 Å². The van der Waals surface area contributed by atoms with E-state index in [0.29, 0.717) is 6.54 Å². The average Bonchev–Trinajstić information content (AvgIpc) is 2.83. The molecular formula is C15H26N2O3. The molecule has 0 aromatic rings. The van der Waals surface area contributed by atoms with E-state index in [2.05, 4.69) is 10.2 Å². The minimum atomic E-state index is -0.748. The van der Waals surface area contributed by atoms with Crippen molar-refractivity contribution in [3.8, 4) is 0 Å². The van der Waals surface area contributed by atoms with Crippen LogP contribution in [0.5, 0.6) is 0 Å². The van der Waals surface area contributed by atoms with Crippen molar-refractivity contribution in [2.45, 2.75) is 44.9 Å². The average molecular weight is 282 g/mol. The van der Waals surface area contributed by atoms with Crippen LogP contribution in [0.1, 0.15) is 44.9 Å². The van der Waals surface area contributed by atoms with Crippen LogP contribution >= 0.6 is 0 Å². The molecule has 0 bridgehead atoms. The topological polar surface area (TPSA) is 69.6 Å². The van der Waals surface area contributed by atoms with E-state index >= 15 is 0 Å². The number of carbonyl (C=O) groups excluding carboxylic acids is 1. The lowest BCUT2D eigenvalue weighted by Crippen LogP contribution is -2.42. The predicted octanol–water partition coefficient (Wildman–Crippen LogP) is 1.48. The lowest BCUT2D eigenvalue weighted by molar-refractivity contribution is -0.141. The molecule has 0 spiro atoms. The number of carboxylic acid groups (broad SMARTS) is 1. The third-order valence-corrected chi connectivity index (χ3v) is 4.84. The Morgan fingerprint density at radius 1 is 1.30 bits per heavy atom. The summed E-state index contributed by atoms with van der Waals surface area (Å²) in [7, 11) is 2.03. The SMILES string of the molecule is CN1CCC(C(=O)NCC2(CC(=O)O)CCCCC2)C1. The normalized spacial score (nSPS) is 26.4. The largest absolute Gasteiger partial charge is 0.481 e. The Kier molecular flexibility index (Phi) is 5.02. The van der Waals surface area contributed by atoms with Crippen LogP contribution in [-0.4, -0.2) is 48.6 Å². The number of nitrogens with zero attached hydrogens (tertiary/aromatic N) is 1. The van der Waals surface area contributed by atoms with Crippen molar-refractivity contribution in [3.05, 3.63) is 0 Å². The van der Waals surface area contributed by atoms with Gasteiger partial charge in [-0.1, -0.05) is 19.3 Å². The fraction of sp³-hybridized carbons (Fsp3) is 0.867. The van der Waals surface area contributed by atoms with Gasteiger partial charge in [-0.25, -0.2) is 0 Å². The summed E-state index contributed by atoms with van der Waals surface area (Å²) in [6, 6.07) is 0. The van der Waals surface area contributed by atoms with Crippen molar-refractivity contribution < 1.29 is 14.7 Å². The molecule has 20 heavy (non-hydrogen) atoms. The minimum absolute atomic E-state index is 0.0745. The molecule has 1 atom stereocenters. The number of rotatable bonds is 5. The third kappa shape index (κ3) is 3.95. The molecular weight excluding hydrogens is 256 g/mol. The summed E-state index contributed by atoms with van der Waals surface area (Å²) < 4.78 is 0. The van der Waals surface area contributed by atoms with Crippen LogP contribution in [0.15, 0.2) is 0 Å². The van der Waals surface area contributed by atoms with Crippen molar-refractivity contribution in [2.24, 2.45) is 11.3 Å². The number of amides is 1. The maximum Gasteiger partial charge on any atom is 0.303 e. The predicted molar refractivity (Wildman–Crippen MR) is 76.4 cm³/mol. The maximum absolute atomic E-state index is 12.2. The molecule has 1 unspecified atom stereocenters. The Labute approximate surface area is 120 Å². The Bertz CT molecular complexity index is 364.